The van der Waals surface area contributed by atoms with Crippen molar-refractivity contribution in [1.82, 2.24) is 5.32 Å². The van der Waals surface area contributed by atoms with Crippen molar-refractivity contribution in [1.29, 1.82) is 0 Å². The van der Waals surface area contributed by atoms with E-state index < -0.39 is 0 Å². The molecule has 0 saturated carbocycles. The molecule has 0 saturated heterocycles. The molecule has 0 aromatic heterocycles. The number of nitrogens with one attached hydrogen (secondary N) is 1. The van der Waals surface area contributed by atoms with E-state index in [9.17, 15) is 4.79 Å². The maximum Gasteiger partial charge on any atom is 0.233 e. The van der Waals surface area contributed by atoms with E-state index in [0.29, 0.717) is 5.02 Å². The van der Waals surface area contributed by atoms with Gasteiger partial charge >= 0.3 is 0 Å². The summed E-state index contributed by atoms with van der Waals surface area (Å²) in [5.41, 5.74) is 0. The van der Waals surface area contributed by atoms with Crippen LogP contribution in [-0.4, -0.2) is 28.9 Å². The molecule has 0 heterocycles. The van der Waals surface area contributed by atoms with Gasteiger partial charge in [-0.3, -0.25) is 4.79 Å². The quantitative estimate of drug-likeness (QED) is 0.810. The predicted molar refractivity (Wildman–Crippen MR) is 71.5 cm³/mol. The van der Waals surface area contributed by atoms with Crippen LogP contribution in [0.1, 0.15) is 13.8 Å². The second kappa shape index (κ2) is 6.89. The van der Waals surface area contributed by atoms with Crippen molar-refractivity contribution in [2.45, 2.75) is 30.0 Å². The molecule has 5 heteroatoms. The van der Waals surface area contributed by atoms with Gasteiger partial charge in [-0.05, 0) is 38.1 Å². The first kappa shape index (κ1) is 14.4. The van der Waals surface area contributed by atoms with Crippen LogP contribution in [0.3, 0.4) is 0 Å². The van der Waals surface area contributed by atoms with Gasteiger partial charge in [0, 0.05) is 16.0 Å². The van der Waals surface area contributed by atoms with Crippen molar-refractivity contribution in [3.8, 4) is 0 Å². The molecule has 1 aromatic rings. The average Bonchev–Trinajstić information content (AvgIpc) is 2.31. The summed E-state index contributed by atoms with van der Waals surface area (Å²) >= 11 is 7.24. The maximum atomic E-state index is 11.7. The van der Waals surface area contributed by atoms with E-state index in [2.05, 4.69) is 5.32 Å². The van der Waals surface area contributed by atoms with Crippen LogP contribution in [-0.2, 0) is 4.79 Å². The van der Waals surface area contributed by atoms with Crippen LogP contribution < -0.4 is 5.32 Å². The van der Waals surface area contributed by atoms with Crippen molar-refractivity contribution in [3.05, 3.63) is 29.3 Å². The average molecular weight is 274 g/mol. The monoisotopic (exact) mass is 273 g/mol. The van der Waals surface area contributed by atoms with Crippen molar-refractivity contribution in [2.75, 3.05) is 6.61 Å². The number of aliphatic hydroxyl groups is 1. The lowest BCUT2D eigenvalue weighted by molar-refractivity contribution is -0.121. The molecule has 1 aromatic carbocycles. The molecular formula is C12H16ClNO2S. The predicted octanol–water partition coefficient (Wildman–Crippen LogP) is 2.32. The summed E-state index contributed by atoms with van der Waals surface area (Å²) in [6.45, 7) is 3.54. The molecule has 0 radical (unpaired) electrons. The van der Waals surface area contributed by atoms with Crippen molar-refractivity contribution >= 4 is 29.3 Å². The topological polar surface area (TPSA) is 49.3 Å². The molecule has 0 fully saturated rings. The van der Waals surface area contributed by atoms with E-state index in [4.69, 9.17) is 16.7 Å². The molecule has 0 bridgehead atoms. The van der Waals surface area contributed by atoms with Crippen LogP contribution in [0.5, 0.6) is 0 Å². The Bertz CT molecular complexity index is 369. The minimum Gasteiger partial charge on any atom is -0.394 e. The Labute approximate surface area is 111 Å². The van der Waals surface area contributed by atoms with E-state index in [0.717, 1.165) is 4.90 Å². The second-order valence-corrected chi connectivity index (χ2v) is 5.66. The molecule has 94 valence electrons. The number of carbonyl (C=O) groups is 1. The van der Waals surface area contributed by atoms with Gasteiger partial charge < -0.3 is 10.4 Å². The number of amides is 1. The van der Waals surface area contributed by atoms with Crippen molar-refractivity contribution < 1.29 is 9.90 Å². The zero-order valence-electron chi connectivity index (χ0n) is 9.81. The Kier molecular flexibility index (Phi) is 5.82. The Morgan fingerprint density at radius 3 is 2.53 bits per heavy atom. The van der Waals surface area contributed by atoms with Gasteiger partial charge in [-0.1, -0.05) is 11.6 Å². The number of hydrogen-bond donors (Lipinski definition) is 2. The number of thioether (sulfide) groups is 1. The van der Waals surface area contributed by atoms with Gasteiger partial charge in [-0.25, -0.2) is 0 Å². The van der Waals surface area contributed by atoms with E-state index in [1.54, 1.807) is 19.1 Å². The fourth-order valence-corrected chi connectivity index (χ4v) is 2.18. The first-order valence-electron chi connectivity index (χ1n) is 5.36. The van der Waals surface area contributed by atoms with Crippen LogP contribution in [0.2, 0.25) is 5.02 Å². The van der Waals surface area contributed by atoms with E-state index in [-0.39, 0.29) is 23.8 Å². The fraction of sp³-hybridized carbons (Fsp3) is 0.417. The fourth-order valence-electron chi connectivity index (χ4n) is 1.18. The third kappa shape index (κ3) is 4.98. The summed E-state index contributed by atoms with van der Waals surface area (Å²) in [5.74, 6) is -0.0773. The lowest BCUT2D eigenvalue weighted by Gasteiger charge is -2.15. The summed E-state index contributed by atoms with van der Waals surface area (Å²) in [7, 11) is 0. The molecular weight excluding hydrogens is 258 g/mol. The molecule has 2 atom stereocenters. The van der Waals surface area contributed by atoms with Crippen LogP contribution in [0.25, 0.3) is 0 Å². The highest BCUT2D eigenvalue weighted by molar-refractivity contribution is 8.00. The van der Waals surface area contributed by atoms with Gasteiger partial charge in [-0.2, -0.15) is 0 Å². The summed E-state index contributed by atoms with van der Waals surface area (Å²) in [5, 5.41) is 12.1. The van der Waals surface area contributed by atoms with Crippen LogP contribution in [0.15, 0.2) is 29.2 Å². The zero-order chi connectivity index (χ0) is 12.8. The second-order valence-electron chi connectivity index (χ2n) is 3.81. The third-order valence-electron chi connectivity index (χ3n) is 2.16. The van der Waals surface area contributed by atoms with Crippen LogP contribution in [0, 0.1) is 0 Å². The number of hydrogen-bond acceptors (Lipinski definition) is 3. The van der Waals surface area contributed by atoms with Crippen molar-refractivity contribution in [2.24, 2.45) is 0 Å². The maximum absolute atomic E-state index is 11.7. The molecule has 2 unspecified atom stereocenters. The Balaban J connectivity index is 2.51. The molecule has 0 aliphatic rings. The van der Waals surface area contributed by atoms with Crippen molar-refractivity contribution in [3.63, 3.8) is 0 Å². The Morgan fingerprint density at radius 1 is 1.41 bits per heavy atom. The lowest BCUT2D eigenvalue weighted by atomic mass is 10.3. The van der Waals surface area contributed by atoms with E-state index >= 15 is 0 Å². The number of rotatable bonds is 5. The standard InChI is InChI=1S/C12H16ClNO2S/c1-8(7-15)14-12(16)9(2)17-11-5-3-10(13)4-6-11/h3-6,8-9,15H,7H2,1-2H3,(H,14,16). The molecule has 17 heavy (non-hydrogen) atoms. The van der Waals surface area contributed by atoms with Gasteiger partial charge in [0.05, 0.1) is 11.9 Å². The Morgan fingerprint density at radius 2 is 2.00 bits per heavy atom. The smallest absolute Gasteiger partial charge is 0.233 e. The highest BCUT2D eigenvalue weighted by Crippen LogP contribution is 2.24. The molecule has 1 amide bonds. The van der Waals surface area contributed by atoms with E-state index in [1.807, 2.05) is 19.1 Å². The highest BCUT2D eigenvalue weighted by Gasteiger charge is 2.15. The first-order chi connectivity index (χ1) is 8.02. The summed E-state index contributed by atoms with van der Waals surface area (Å²) in [4.78, 5) is 12.7. The van der Waals surface area contributed by atoms with Gasteiger partial charge in [-0.15, -0.1) is 11.8 Å². The summed E-state index contributed by atoms with van der Waals surface area (Å²) in [6, 6.07) is 7.14. The number of aliphatic hydroxyl groups excluding tert-OH is 1. The van der Waals surface area contributed by atoms with Gasteiger partial charge in [0.1, 0.15) is 0 Å². The summed E-state index contributed by atoms with van der Waals surface area (Å²) < 4.78 is 0. The van der Waals surface area contributed by atoms with Gasteiger partial charge in [0.25, 0.3) is 0 Å². The van der Waals surface area contributed by atoms with Crippen LogP contribution in [0.4, 0.5) is 0 Å². The normalized spacial score (nSPS) is 14.1. The number of carbonyl (C=O) groups excluding carboxylic acids is 1. The SMILES string of the molecule is CC(CO)NC(=O)C(C)Sc1ccc(Cl)cc1. The molecule has 2 N–H and O–H groups in total. The highest BCUT2D eigenvalue weighted by atomic mass is 35.5. The first-order valence-corrected chi connectivity index (χ1v) is 6.62. The van der Waals surface area contributed by atoms with Gasteiger partial charge in [0.15, 0.2) is 0 Å². The molecule has 3 nitrogen and oxygen atoms in total. The molecule has 0 aliphatic carbocycles. The molecule has 0 spiro atoms. The van der Waals surface area contributed by atoms with E-state index in [1.165, 1.54) is 11.8 Å². The minimum atomic E-state index is -0.212. The van der Waals surface area contributed by atoms with Crippen LogP contribution >= 0.6 is 23.4 Å². The Hall–Kier alpha value is -0.710. The molecule has 1 rings (SSSR count). The minimum absolute atomic E-state index is 0.0515. The third-order valence-corrected chi connectivity index (χ3v) is 3.52. The zero-order valence-corrected chi connectivity index (χ0v) is 11.4. The number of benzene rings is 1. The largest absolute Gasteiger partial charge is 0.394 e. The summed E-state index contributed by atoms with van der Waals surface area (Å²) in [6.07, 6.45) is 0. The number of halogens is 1. The molecule has 0 aliphatic heterocycles. The lowest BCUT2D eigenvalue weighted by Crippen LogP contribution is -2.39. The van der Waals surface area contributed by atoms with Gasteiger partial charge in [0.2, 0.25) is 5.91 Å².